The molecule has 0 spiro atoms. The van der Waals surface area contributed by atoms with Crippen molar-refractivity contribution in [2.24, 2.45) is 0 Å². The van der Waals surface area contributed by atoms with Crippen molar-refractivity contribution in [3.05, 3.63) is 64.8 Å². The molecule has 0 saturated heterocycles. The number of nitrogens with one attached hydrogen (secondary N) is 2. The van der Waals surface area contributed by atoms with Gasteiger partial charge < -0.3 is 10.6 Å². The van der Waals surface area contributed by atoms with Crippen molar-refractivity contribution in [3.63, 3.8) is 0 Å². The van der Waals surface area contributed by atoms with E-state index in [1.54, 1.807) is 0 Å². The van der Waals surface area contributed by atoms with Crippen LogP contribution in [0, 0.1) is 20.8 Å². The molecule has 1 heterocycles. The molecule has 0 bridgehead atoms. The van der Waals surface area contributed by atoms with Crippen LogP contribution in [0.5, 0.6) is 0 Å². The van der Waals surface area contributed by atoms with Crippen molar-refractivity contribution in [1.29, 1.82) is 0 Å². The lowest BCUT2D eigenvalue weighted by atomic mass is 10.1. The highest BCUT2D eigenvalue weighted by atomic mass is 19.4. The summed E-state index contributed by atoms with van der Waals surface area (Å²) >= 11 is 0. The normalized spacial score (nSPS) is 11.3. The summed E-state index contributed by atoms with van der Waals surface area (Å²) in [5, 5.41) is 13.9. The monoisotopic (exact) mass is 373 g/mol. The third-order valence-electron chi connectivity index (χ3n) is 3.96. The Kier molecular flexibility index (Phi) is 4.98. The van der Waals surface area contributed by atoms with Crippen LogP contribution in [0.3, 0.4) is 0 Å². The SMILES string of the molecule is Cc1cc(C)c(Nc2nncc(Nc3ccc(C(F)(F)F)cc3)n2)c(C)c1. The Morgan fingerprint density at radius 2 is 1.52 bits per heavy atom. The number of alkyl halides is 3. The second-order valence-corrected chi connectivity index (χ2v) is 6.26. The molecule has 0 aliphatic heterocycles. The van der Waals surface area contributed by atoms with Gasteiger partial charge in [0.2, 0.25) is 5.95 Å². The first-order valence-electron chi connectivity index (χ1n) is 8.21. The van der Waals surface area contributed by atoms with E-state index in [2.05, 4.69) is 25.8 Å². The van der Waals surface area contributed by atoms with E-state index in [4.69, 9.17) is 0 Å². The standard InChI is InChI=1S/C19H18F3N5/c1-11-8-12(2)17(13(3)9-11)26-18-25-16(10-23-27-18)24-15-6-4-14(5-7-15)19(20,21)22/h4-10H,1-3H3,(H2,24,25,26,27). The molecule has 0 aliphatic carbocycles. The predicted molar refractivity (Wildman–Crippen MR) is 98.5 cm³/mol. The zero-order valence-corrected chi connectivity index (χ0v) is 15.0. The zero-order chi connectivity index (χ0) is 19.6. The van der Waals surface area contributed by atoms with Crippen LogP contribution in [-0.2, 0) is 6.18 Å². The summed E-state index contributed by atoms with van der Waals surface area (Å²) in [6, 6.07) is 8.79. The van der Waals surface area contributed by atoms with E-state index < -0.39 is 11.7 Å². The van der Waals surface area contributed by atoms with Crippen LogP contribution < -0.4 is 10.6 Å². The third kappa shape index (κ3) is 4.52. The number of nitrogens with zero attached hydrogens (tertiary/aromatic N) is 3. The first kappa shape index (κ1) is 18.6. The molecule has 0 atom stereocenters. The van der Waals surface area contributed by atoms with Gasteiger partial charge in [0.1, 0.15) is 0 Å². The first-order valence-corrected chi connectivity index (χ1v) is 8.21. The second kappa shape index (κ2) is 7.22. The number of halogens is 3. The minimum Gasteiger partial charge on any atom is -0.339 e. The lowest BCUT2D eigenvalue weighted by Crippen LogP contribution is -2.06. The van der Waals surface area contributed by atoms with E-state index in [9.17, 15) is 13.2 Å². The molecule has 5 nitrogen and oxygen atoms in total. The maximum atomic E-state index is 12.6. The first-order chi connectivity index (χ1) is 12.7. The fourth-order valence-electron chi connectivity index (χ4n) is 2.80. The molecule has 1 aromatic heterocycles. The predicted octanol–water partition coefficient (Wildman–Crippen LogP) is 5.30. The van der Waals surface area contributed by atoms with Crippen LogP contribution in [0.2, 0.25) is 0 Å². The van der Waals surface area contributed by atoms with Crippen molar-refractivity contribution in [1.82, 2.24) is 15.2 Å². The fourth-order valence-corrected chi connectivity index (χ4v) is 2.80. The molecule has 0 saturated carbocycles. The number of rotatable bonds is 4. The van der Waals surface area contributed by atoms with E-state index >= 15 is 0 Å². The van der Waals surface area contributed by atoms with E-state index in [1.165, 1.54) is 18.3 Å². The summed E-state index contributed by atoms with van der Waals surface area (Å²) in [6.07, 6.45) is -2.96. The lowest BCUT2D eigenvalue weighted by molar-refractivity contribution is -0.137. The van der Waals surface area contributed by atoms with Crippen molar-refractivity contribution in [2.75, 3.05) is 10.6 Å². The quantitative estimate of drug-likeness (QED) is 0.649. The maximum absolute atomic E-state index is 12.6. The molecular weight excluding hydrogens is 355 g/mol. The summed E-state index contributed by atoms with van der Waals surface area (Å²) in [5.74, 6) is 0.664. The van der Waals surface area contributed by atoms with E-state index in [0.717, 1.165) is 34.5 Å². The van der Waals surface area contributed by atoms with Gasteiger partial charge in [0.25, 0.3) is 0 Å². The summed E-state index contributed by atoms with van der Waals surface area (Å²) in [7, 11) is 0. The summed E-state index contributed by atoms with van der Waals surface area (Å²) in [4.78, 5) is 4.32. The molecular formula is C19H18F3N5. The number of hydrogen-bond acceptors (Lipinski definition) is 5. The molecule has 0 aliphatic rings. The Morgan fingerprint density at radius 3 is 2.11 bits per heavy atom. The number of aromatic nitrogens is 3. The van der Waals surface area contributed by atoms with E-state index in [1.807, 2.05) is 32.9 Å². The van der Waals surface area contributed by atoms with Crippen LogP contribution >= 0.6 is 0 Å². The maximum Gasteiger partial charge on any atom is 0.416 e. The van der Waals surface area contributed by atoms with Gasteiger partial charge in [-0.25, -0.2) is 0 Å². The van der Waals surface area contributed by atoms with Gasteiger partial charge in [-0.15, -0.1) is 5.10 Å². The lowest BCUT2D eigenvalue weighted by Gasteiger charge is -2.13. The smallest absolute Gasteiger partial charge is 0.339 e. The van der Waals surface area contributed by atoms with Crippen LogP contribution in [0.1, 0.15) is 22.3 Å². The highest BCUT2D eigenvalue weighted by Crippen LogP contribution is 2.30. The fraction of sp³-hybridized carbons (Fsp3) is 0.211. The minimum absolute atomic E-state index is 0.293. The Morgan fingerprint density at radius 1 is 0.889 bits per heavy atom. The summed E-state index contributed by atoms with van der Waals surface area (Å²) in [5.41, 5.74) is 3.93. The molecule has 3 aromatic rings. The topological polar surface area (TPSA) is 62.7 Å². The molecule has 0 radical (unpaired) electrons. The highest BCUT2D eigenvalue weighted by Gasteiger charge is 2.29. The number of benzene rings is 2. The Balaban J connectivity index is 1.78. The van der Waals surface area contributed by atoms with Gasteiger partial charge in [0.05, 0.1) is 11.8 Å². The van der Waals surface area contributed by atoms with Crippen molar-refractivity contribution in [3.8, 4) is 0 Å². The molecule has 0 amide bonds. The van der Waals surface area contributed by atoms with Crippen molar-refractivity contribution >= 4 is 23.1 Å². The zero-order valence-electron chi connectivity index (χ0n) is 15.0. The van der Waals surface area contributed by atoms with Crippen molar-refractivity contribution < 1.29 is 13.2 Å². The molecule has 2 aromatic carbocycles. The Hall–Kier alpha value is -3.16. The van der Waals surface area contributed by atoms with Gasteiger partial charge in [-0.3, -0.25) is 0 Å². The van der Waals surface area contributed by atoms with Crippen LogP contribution in [0.25, 0.3) is 0 Å². The van der Waals surface area contributed by atoms with Gasteiger partial charge in [-0.1, -0.05) is 17.7 Å². The van der Waals surface area contributed by atoms with Crippen LogP contribution in [0.4, 0.5) is 36.3 Å². The van der Waals surface area contributed by atoms with E-state index in [-0.39, 0.29) is 0 Å². The van der Waals surface area contributed by atoms with E-state index in [0.29, 0.717) is 17.5 Å². The van der Waals surface area contributed by atoms with Gasteiger partial charge >= 0.3 is 6.18 Å². The summed E-state index contributed by atoms with van der Waals surface area (Å²) in [6.45, 7) is 6.00. The Labute approximate surface area is 154 Å². The number of hydrogen-bond donors (Lipinski definition) is 2. The highest BCUT2D eigenvalue weighted by molar-refractivity contribution is 5.64. The average Bonchev–Trinajstić information content (AvgIpc) is 2.58. The van der Waals surface area contributed by atoms with Crippen molar-refractivity contribution in [2.45, 2.75) is 26.9 Å². The molecule has 0 unspecified atom stereocenters. The van der Waals surface area contributed by atoms with Crippen LogP contribution in [0.15, 0.2) is 42.6 Å². The molecule has 8 heteroatoms. The van der Waals surface area contributed by atoms with Gasteiger partial charge in [-0.05, 0) is 56.2 Å². The molecule has 140 valence electrons. The molecule has 27 heavy (non-hydrogen) atoms. The summed E-state index contributed by atoms with van der Waals surface area (Å²) < 4.78 is 37.9. The van der Waals surface area contributed by atoms with Gasteiger partial charge in [0.15, 0.2) is 5.82 Å². The number of aryl methyl sites for hydroxylation is 3. The largest absolute Gasteiger partial charge is 0.416 e. The van der Waals surface area contributed by atoms with Gasteiger partial charge in [0, 0.05) is 11.4 Å². The molecule has 2 N–H and O–H groups in total. The van der Waals surface area contributed by atoms with Gasteiger partial charge in [-0.2, -0.15) is 23.3 Å². The Bertz CT molecular complexity index is 929. The minimum atomic E-state index is -4.37. The van der Waals surface area contributed by atoms with Crippen LogP contribution in [-0.4, -0.2) is 15.2 Å². The molecule has 3 rings (SSSR count). The third-order valence-corrected chi connectivity index (χ3v) is 3.96. The average molecular weight is 373 g/mol. The number of anilines is 4. The molecule has 0 fully saturated rings. The second-order valence-electron chi connectivity index (χ2n) is 6.26.